The zero-order chi connectivity index (χ0) is 13.4. The summed E-state index contributed by atoms with van der Waals surface area (Å²) in [7, 11) is 0. The minimum Gasteiger partial charge on any atom is -0.504 e. The Kier molecular flexibility index (Phi) is 3.79. The number of carbonyl (C=O) groups is 1. The van der Waals surface area contributed by atoms with Crippen molar-refractivity contribution in [3.8, 4) is 11.5 Å². The smallest absolute Gasteiger partial charge is 0.344 e. The van der Waals surface area contributed by atoms with E-state index in [9.17, 15) is 15.0 Å². The van der Waals surface area contributed by atoms with E-state index in [-0.39, 0.29) is 15.6 Å². The summed E-state index contributed by atoms with van der Waals surface area (Å²) < 4.78 is 5.04. The summed E-state index contributed by atoms with van der Waals surface area (Å²) in [4.78, 5) is 11.8. The molecule has 1 rings (SSSR count). The molecule has 0 aromatic heterocycles. The lowest BCUT2D eigenvalue weighted by Crippen LogP contribution is -2.24. The number of esters is 1. The molecule has 0 saturated carbocycles. The first-order valence-electron chi connectivity index (χ1n) is 4.76. The Labute approximate surface area is 109 Å². The first-order valence-corrected chi connectivity index (χ1v) is 5.52. The fraction of sp³-hybridized carbons (Fsp3) is 0.364. The molecule has 6 heteroatoms. The van der Waals surface area contributed by atoms with E-state index in [0.717, 1.165) is 6.07 Å². The standard InChI is InChI=1S/C11H12Cl2O4/c1-11(2,3)17-10(16)7-8(13)5(12)4-6(14)9(7)15/h4,14-15H,1-3H3. The van der Waals surface area contributed by atoms with Gasteiger partial charge in [0.15, 0.2) is 11.5 Å². The molecule has 0 bridgehead atoms. The van der Waals surface area contributed by atoms with E-state index < -0.39 is 23.1 Å². The molecule has 1 aromatic rings. The van der Waals surface area contributed by atoms with Gasteiger partial charge in [-0.3, -0.25) is 0 Å². The number of phenols is 2. The second-order valence-electron chi connectivity index (χ2n) is 4.42. The van der Waals surface area contributed by atoms with Crippen molar-refractivity contribution in [3.05, 3.63) is 21.7 Å². The van der Waals surface area contributed by atoms with Crippen molar-refractivity contribution in [2.75, 3.05) is 0 Å². The molecule has 0 radical (unpaired) electrons. The Morgan fingerprint density at radius 1 is 1.29 bits per heavy atom. The van der Waals surface area contributed by atoms with Crippen LogP contribution in [-0.4, -0.2) is 21.8 Å². The van der Waals surface area contributed by atoms with Crippen LogP contribution in [-0.2, 0) is 4.74 Å². The number of phenolic OH excluding ortho intramolecular Hbond substituents is 2. The molecule has 0 aliphatic heterocycles. The van der Waals surface area contributed by atoms with E-state index in [1.807, 2.05) is 0 Å². The van der Waals surface area contributed by atoms with Gasteiger partial charge in [0.2, 0.25) is 0 Å². The Morgan fingerprint density at radius 2 is 1.82 bits per heavy atom. The van der Waals surface area contributed by atoms with Gasteiger partial charge in [-0.25, -0.2) is 4.79 Å². The van der Waals surface area contributed by atoms with Crippen molar-refractivity contribution in [1.29, 1.82) is 0 Å². The van der Waals surface area contributed by atoms with Gasteiger partial charge in [0.05, 0.1) is 10.0 Å². The van der Waals surface area contributed by atoms with Crippen molar-refractivity contribution in [1.82, 2.24) is 0 Å². The third-order valence-electron chi connectivity index (χ3n) is 1.78. The van der Waals surface area contributed by atoms with E-state index >= 15 is 0 Å². The van der Waals surface area contributed by atoms with Crippen molar-refractivity contribution in [2.24, 2.45) is 0 Å². The van der Waals surface area contributed by atoms with Crippen molar-refractivity contribution >= 4 is 29.2 Å². The van der Waals surface area contributed by atoms with E-state index in [0.29, 0.717) is 0 Å². The summed E-state index contributed by atoms with van der Waals surface area (Å²) in [5.74, 6) is -2.02. The molecule has 0 unspecified atom stereocenters. The van der Waals surface area contributed by atoms with E-state index in [2.05, 4.69) is 0 Å². The predicted octanol–water partition coefficient (Wildman–Crippen LogP) is 3.36. The number of hydrogen-bond donors (Lipinski definition) is 2. The molecule has 17 heavy (non-hydrogen) atoms. The third-order valence-corrected chi connectivity index (χ3v) is 2.56. The third kappa shape index (κ3) is 3.17. The van der Waals surface area contributed by atoms with Gasteiger partial charge >= 0.3 is 5.97 Å². The average Bonchev–Trinajstić information content (AvgIpc) is 2.12. The van der Waals surface area contributed by atoms with Crippen LogP contribution in [0.2, 0.25) is 10.0 Å². The van der Waals surface area contributed by atoms with Gasteiger partial charge in [0.25, 0.3) is 0 Å². The van der Waals surface area contributed by atoms with Gasteiger partial charge in [0, 0.05) is 6.07 Å². The summed E-state index contributed by atoms with van der Waals surface area (Å²) in [6.07, 6.45) is 0. The SMILES string of the molecule is CC(C)(C)OC(=O)c1c(O)c(O)cc(Cl)c1Cl. The average molecular weight is 279 g/mol. The van der Waals surface area contributed by atoms with Crippen LogP contribution in [0, 0.1) is 0 Å². The van der Waals surface area contributed by atoms with Crippen LogP contribution in [0.4, 0.5) is 0 Å². The highest BCUT2D eigenvalue weighted by Crippen LogP contribution is 2.40. The summed E-state index contributed by atoms with van der Waals surface area (Å²) in [6, 6.07) is 1.05. The quantitative estimate of drug-likeness (QED) is 0.611. The molecule has 0 fully saturated rings. The van der Waals surface area contributed by atoms with Gasteiger partial charge in [-0.2, -0.15) is 0 Å². The Bertz CT molecular complexity index is 437. The first kappa shape index (κ1) is 13.9. The molecule has 0 aliphatic carbocycles. The van der Waals surface area contributed by atoms with Crippen molar-refractivity contribution < 1.29 is 19.7 Å². The van der Waals surface area contributed by atoms with Gasteiger partial charge in [0.1, 0.15) is 11.2 Å². The molecule has 0 spiro atoms. The number of rotatable bonds is 1. The number of aromatic hydroxyl groups is 2. The van der Waals surface area contributed by atoms with E-state index in [1.165, 1.54) is 0 Å². The second kappa shape index (κ2) is 4.63. The Hall–Kier alpha value is -1.13. The van der Waals surface area contributed by atoms with Crippen LogP contribution in [0.25, 0.3) is 0 Å². The lowest BCUT2D eigenvalue weighted by Gasteiger charge is -2.20. The lowest BCUT2D eigenvalue weighted by molar-refractivity contribution is 0.00664. The number of carbonyl (C=O) groups excluding carboxylic acids is 1. The topological polar surface area (TPSA) is 66.8 Å². The fourth-order valence-electron chi connectivity index (χ4n) is 1.12. The summed E-state index contributed by atoms with van der Waals surface area (Å²) in [5.41, 5.74) is -1.09. The van der Waals surface area contributed by atoms with Crippen LogP contribution in [0.1, 0.15) is 31.1 Å². The predicted molar refractivity (Wildman–Crippen MR) is 65.0 cm³/mol. The van der Waals surface area contributed by atoms with Crippen LogP contribution in [0.3, 0.4) is 0 Å². The summed E-state index contributed by atoms with van der Waals surface area (Å²) in [5, 5.41) is 18.7. The van der Waals surface area contributed by atoms with Gasteiger partial charge in [-0.05, 0) is 20.8 Å². The van der Waals surface area contributed by atoms with Gasteiger partial charge in [-0.15, -0.1) is 0 Å². The molecular weight excluding hydrogens is 267 g/mol. The number of benzene rings is 1. The molecule has 0 atom stereocenters. The number of hydrogen-bond acceptors (Lipinski definition) is 4. The maximum atomic E-state index is 11.8. The Balaban J connectivity index is 3.27. The zero-order valence-corrected chi connectivity index (χ0v) is 11.1. The molecule has 4 nitrogen and oxygen atoms in total. The largest absolute Gasteiger partial charge is 0.504 e. The molecule has 0 aliphatic rings. The fourth-order valence-corrected chi connectivity index (χ4v) is 1.54. The van der Waals surface area contributed by atoms with Crippen molar-refractivity contribution in [2.45, 2.75) is 26.4 Å². The van der Waals surface area contributed by atoms with Crippen LogP contribution >= 0.6 is 23.2 Å². The Morgan fingerprint density at radius 3 is 2.29 bits per heavy atom. The van der Waals surface area contributed by atoms with Crippen LogP contribution in [0.15, 0.2) is 6.07 Å². The van der Waals surface area contributed by atoms with Crippen LogP contribution < -0.4 is 0 Å². The molecule has 94 valence electrons. The highest BCUT2D eigenvalue weighted by molar-refractivity contribution is 6.44. The van der Waals surface area contributed by atoms with Crippen molar-refractivity contribution in [3.63, 3.8) is 0 Å². The lowest BCUT2D eigenvalue weighted by atomic mass is 10.1. The van der Waals surface area contributed by atoms with Gasteiger partial charge < -0.3 is 14.9 Å². The minimum atomic E-state index is -0.849. The summed E-state index contributed by atoms with van der Waals surface area (Å²) >= 11 is 11.5. The second-order valence-corrected chi connectivity index (χ2v) is 5.20. The van der Waals surface area contributed by atoms with E-state index in [1.54, 1.807) is 20.8 Å². The maximum absolute atomic E-state index is 11.8. The normalized spacial score (nSPS) is 11.4. The molecule has 0 heterocycles. The molecule has 0 saturated heterocycles. The zero-order valence-electron chi connectivity index (χ0n) is 9.54. The highest BCUT2D eigenvalue weighted by Gasteiger charge is 2.26. The monoisotopic (exact) mass is 278 g/mol. The summed E-state index contributed by atoms with van der Waals surface area (Å²) in [6.45, 7) is 5.00. The highest BCUT2D eigenvalue weighted by atomic mass is 35.5. The minimum absolute atomic E-state index is 0.0391. The number of halogens is 2. The number of ether oxygens (including phenoxy) is 1. The maximum Gasteiger partial charge on any atom is 0.344 e. The molecule has 0 amide bonds. The first-order chi connectivity index (χ1) is 7.63. The van der Waals surface area contributed by atoms with Gasteiger partial charge in [-0.1, -0.05) is 23.2 Å². The van der Waals surface area contributed by atoms with E-state index in [4.69, 9.17) is 27.9 Å². The molecular formula is C11H12Cl2O4. The molecule has 2 N–H and O–H groups in total. The van der Waals surface area contributed by atoms with Crippen LogP contribution in [0.5, 0.6) is 11.5 Å². The molecule has 1 aromatic carbocycles.